The highest BCUT2D eigenvalue weighted by molar-refractivity contribution is 5.88. The van der Waals surface area contributed by atoms with Gasteiger partial charge in [-0.25, -0.2) is 9.59 Å². The van der Waals surface area contributed by atoms with Gasteiger partial charge in [-0.2, -0.15) is 0 Å². The Morgan fingerprint density at radius 1 is 0.778 bits per heavy atom. The Kier molecular flexibility index (Phi) is 3.97. The van der Waals surface area contributed by atoms with Crippen molar-refractivity contribution in [3.8, 4) is 28.0 Å². The molecule has 0 amide bonds. The summed E-state index contributed by atoms with van der Waals surface area (Å²) in [6.07, 6.45) is 0. The van der Waals surface area contributed by atoms with Gasteiger partial charge >= 0.3 is 11.6 Å². The molecule has 27 heavy (non-hydrogen) atoms. The summed E-state index contributed by atoms with van der Waals surface area (Å²) >= 11 is 0. The predicted molar refractivity (Wildman–Crippen MR) is 102 cm³/mol. The number of carboxylic acids is 1. The summed E-state index contributed by atoms with van der Waals surface area (Å²) in [6, 6.07) is 20.3. The first-order valence-electron chi connectivity index (χ1n) is 8.22. The lowest BCUT2D eigenvalue weighted by Crippen LogP contribution is -2.02. The molecule has 0 atom stereocenters. The van der Waals surface area contributed by atoms with Crippen LogP contribution >= 0.6 is 0 Å². The molecule has 0 unspecified atom stereocenters. The Labute approximate surface area is 153 Å². The van der Waals surface area contributed by atoms with E-state index in [-0.39, 0.29) is 11.3 Å². The smallest absolute Gasteiger partial charge is 0.344 e. The van der Waals surface area contributed by atoms with Crippen molar-refractivity contribution in [3.63, 3.8) is 0 Å². The number of fused-ring (bicyclic) bond motifs is 1. The second kappa shape index (κ2) is 6.46. The third-order valence-electron chi connectivity index (χ3n) is 4.38. The molecule has 2 N–H and O–H groups in total. The molecule has 3 aromatic carbocycles. The zero-order valence-electron chi connectivity index (χ0n) is 14.0. The summed E-state index contributed by atoms with van der Waals surface area (Å²) in [5.41, 5.74) is 3.02. The highest BCUT2D eigenvalue weighted by Gasteiger charge is 2.09. The Hall–Kier alpha value is -3.86. The maximum absolute atomic E-state index is 12.3. The van der Waals surface area contributed by atoms with Crippen LogP contribution in [0.15, 0.2) is 82.0 Å². The molecular weight excluding hydrogens is 344 g/mol. The lowest BCUT2D eigenvalue weighted by molar-refractivity contribution is 0.0697. The molecule has 132 valence electrons. The number of aromatic hydroxyl groups is 1. The van der Waals surface area contributed by atoms with Crippen LogP contribution in [0.3, 0.4) is 0 Å². The van der Waals surface area contributed by atoms with Gasteiger partial charge in [-0.05, 0) is 47.0 Å². The van der Waals surface area contributed by atoms with Crippen molar-refractivity contribution >= 4 is 16.9 Å². The summed E-state index contributed by atoms with van der Waals surface area (Å²) in [5.74, 6) is -0.926. The van der Waals surface area contributed by atoms with Crippen molar-refractivity contribution in [3.05, 3.63) is 88.8 Å². The minimum absolute atomic E-state index is 0.0386. The first kappa shape index (κ1) is 16.6. The minimum atomic E-state index is -0.965. The van der Waals surface area contributed by atoms with E-state index >= 15 is 0 Å². The van der Waals surface area contributed by atoms with Crippen LogP contribution in [-0.2, 0) is 0 Å². The van der Waals surface area contributed by atoms with Crippen molar-refractivity contribution in [2.75, 3.05) is 0 Å². The number of carboxylic acid groups (broad SMARTS) is 1. The summed E-state index contributed by atoms with van der Waals surface area (Å²) in [6.45, 7) is 0. The van der Waals surface area contributed by atoms with Gasteiger partial charge in [-0.15, -0.1) is 0 Å². The van der Waals surface area contributed by atoms with Crippen LogP contribution in [0.25, 0.3) is 33.2 Å². The number of hydrogen-bond donors (Lipinski definition) is 2. The third kappa shape index (κ3) is 3.18. The Balaban J connectivity index is 1.70. The number of carbonyl (C=O) groups is 1. The fraction of sp³-hybridized carbons (Fsp3) is 0. The molecule has 4 rings (SSSR count). The van der Waals surface area contributed by atoms with Gasteiger partial charge in [-0.1, -0.05) is 36.4 Å². The number of rotatable bonds is 3. The Morgan fingerprint density at radius 2 is 1.37 bits per heavy atom. The average molecular weight is 358 g/mol. The average Bonchev–Trinajstić information content (AvgIpc) is 2.67. The van der Waals surface area contributed by atoms with E-state index in [2.05, 4.69) is 0 Å². The maximum Gasteiger partial charge on any atom is 0.344 e. The molecule has 1 aromatic heterocycles. The Morgan fingerprint density at radius 3 is 2.00 bits per heavy atom. The topological polar surface area (TPSA) is 87.7 Å². The lowest BCUT2D eigenvalue weighted by Gasteiger charge is -2.06. The fourth-order valence-electron chi connectivity index (χ4n) is 2.95. The van der Waals surface area contributed by atoms with Gasteiger partial charge in [0.25, 0.3) is 0 Å². The van der Waals surface area contributed by atoms with E-state index in [1.165, 1.54) is 12.1 Å². The van der Waals surface area contributed by atoms with Crippen LogP contribution in [0.5, 0.6) is 5.75 Å². The second-order valence-electron chi connectivity index (χ2n) is 6.13. The Bertz CT molecular complexity index is 1200. The largest absolute Gasteiger partial charge is 0.508 e. The molecule has 0 saturated heterocycles. The summed E-state index contributed by atoms with van der Waals surface area (Å²) in [4.78, 5) is 23.2. The SMILES string of the molecule is O=C(O)c1ccc(-c2ccc(-c3cc4ccc(O)cc4oc3=O)cc2)cc1. The van der Waals surface area contributed by atoms with Crippen LogP contribution < -0.4 is 5.63 Å². The molecule has 0 aliphatic carbocycles. The summed E-state index contributed by atoms with van der Waals surface area (Å²) in [7, 11) is 0. The zero-order valence-corrected chi connectivity index (χ0v) is 14.0. The van der Waals surface area contributed by atoms with Crippen molar-refractivity contribution < 1.29 is 19.4 Å². The molecular formula is C22H14O5. The standard InChI is InChI=1S/C22H14O5/c23-18-10-9-17-11-19(22(26)27-20(17)12-18)15-5-1-13(2-6-15)14-3-7-16(8-4-14)21(24)25/h1-12,23H,(H,24,25). The van der Waals surface area contributed by atoms with E-state index in [1.807, 2.05) is 24.3 Å². The van der Waals surface area contributed by atoms with Gasteiger partial charge in [0.2, 0.25) is 0 Å². The molecule has 1 heterocycles. The van der Waals surface area contributed by atoms with Crippen LogP contribution in [0.2, 0.25) is 0 Å². The molecule has 0 fully saturated rings. The van der Waals surface area contributed by atoms with E-state index in [1.54, 1.807) is 36.4 Å². The quantitative estimate of drug-likeness (QED) is 0.525. The molecule has 0 radical (unpaired) electrons. The molecule has 5 heteroatoms. The molecule has 0 bridgehead atoms. The minimum Gasteiger partial charge on any atom is -0.508 e. The van der Waals surface area contributed by atoms with Crippen LogP contribution in [0.1, 0.15) is 10.4 Å². The van der Waals surface area contributed by atoms with E-state index < -0.39 is 11.6 Å². The van der Waals surface area contributed by atoms with Gasteiger partial charge in [0, 0.05) is 11.5 Å². The lowest BCUT2D eigenvalue weighted by atomic mass is 10.00. The molecule has 0 aliphatic heterocycles. The molecule has 5 nitrogen and oxygen atoms in total. The number of aromatic carboxylic acids is 1. The van der Waals surface area contributed by atoms with E-state index in [4.69, 9.17) is 9.52 Å². The van der Waals surface area contributed by atoms with Crippen molar-refractivity contribution in [2.24, 2.45) is 0 Å². The highest BCUT2D eigenvalue weighted by Crippen LogP contribution is 2.26. The van der Waals surface area contributed by atoms with Gasteiger partial charge in [-0.3, -0.25) is 0 Å². The first-order valence-corrected chi connectivity index (χ1v) is 8.22. The number of hydrogen-bond acceptors (Lipinski definition) is 4. The van der Waals surface area contributed by atoms with Crippen LogP contribution in [0, 0.1) is 0 Å². The number of phenolic OH excluding ortho intramolecular Hbond substituents is 1. The summed E-state index contributed by atoms with van der Waals surface area (Å²) in [5, 5.41) is 19.2. The predicted octanol–water partition coefficient (Wildman–Crippen LogP) is 4.53. The normalized spacial score (nSPS) is 10.8. The molecule has 0 spiro atoms. The fourth-order valence-corrected chi connectivity index (χ4v) is 2.95. The van der Waals surface area contributed by atoms with Crippen LogP contribution in [0.4, 0.5) is 0 Å². The number of benzene rings is 3. The van der Waals surface area contributed by atoms with Gasteiger partial charge in [0.15, 0.2) is 0 Å². The number of phenols is 1. The van der Waals surface area contributed by atoms with Crippen molar-refractivity contribution in [1.82, 2.24) is 0 Å². The third-order valence-corrected chi connectivity index (χ3v) is 4.38. The first-order chi connectivity index (χ1) is 13.0. The van der Waals surface area contributed by atoms with Crippen molar-refractivity contribution in [2.45, 2.75) is 0 Å². The highest BCUT2D eigenvalue weighted by atomic mass is 16.4. The van der Waals surface area contributed by atoms with E-state index in [0.29, 0.717) is 16.7 Å². The van der Waals surface area contributed by atoms with Crippen LogP contribution in [-0.4, -0.2) is 16.2 Å². The van der Waals surface area contributed by atoms with Gasteiger partial charge < -0.3 is 14.6 Å². The van der Waals surface area contributed by atoms with Crippen molar-refractivity contribution in [1.29, 1.82) is 0 Å². The monoisotopic (exact) mass is 358 g/mol. The molecule has 0 saturated carbocycles. The van der Waals surface area contributed by atoms with Gasteiger partial charge in [0.05, 0.1) is 11.1 Å². The second-order valence-corrected chi connectivity index (χ2v) is 6.13. The zero-order chi connectivity index (χ0) is 19.0. The maximum atomic E-state index is 12.3. The van der Waals surface area contributed by atoms with E-state index in [9.17, 15) is 14.7 Å². The molecule has 4 aromatic rings. The molecule has 0 aliphatic rings. The summed E-state index contributed by atoms with van der Waals surface area (Å²) < 4.78 is 5.31. The van der Waals surface area contributed by atoms with Gasteiger partial charge in [0.1, 0.15) is 11.3 Å². The van der Waals surface area contributed by atoms with E-state index in [0.717, 1.165) is 16.5 Å².